The number of carbonyl (C=O) groups is 1. The normalized spacial score (nSPS) is 17.1. The highest BCUT2D eigenvalue weighted by molar-refractivity contribution is 7.87. The number of nitrogens with one attached hydrogen (secondary N) is 1. The van der Waals surface area contributed by atoms with Crippen LogP contribution in [0.2, 0.25) is 0 Å². The first-order valence-corrected chi connectivity index (χ1v) is 8.33. The molecular weight excluding hydrogens is 330 g/mol. The molecule has 6 nitrogen and oxygen atoms in total. The lowest BCUT2D eigenvalue weighted by molar-refractivity contribution is -0.137. The maximum Gasteiger partial charge on any atom is 0.305 e. The fourth-order valence-electron chi connectivity index (χ4n) is 2.27. The Bertz CT molecular complexity index is 721. The van der Waals surface area contributed by atoms with E-state index in [4.69, 9.17) is 5.11 Å². The van der Waals surface area contributed by atoms with Crippen molar-refractivity contribution in [1.29, 1.82) is 0 Å². The summed E-state index contributed by atoms with van der Waals surface area (Å²) in [6.07, 6.45) is 3.38. The topological polar surface area (TPSA) is 86.7 Å². The van der Waals surface area contributed by atoms with E-state index in [1.807, 2.05) is 6.08 Å². The van der Waals surface area contributed by atoms with Crippen LogP contribution in [-0.2, 0) is 15.0 Å². The molecule has 1 unspecified atom stereocenters. The number of rotatable bonds is 6. The van der Waals surface area contributed by atoms with Crippen molar-refractivity contribution in [1.82, 2.24) is 9.03 Å². The number of nitrogens with zero attached hydrogens (tertiary/aromatic N) is 1. The monoisotopic (exact) mass is 346 g/mol. The largest absolute Gasteiger partial charge is 0.481 e. The fraction of sp³-hybridized carbons (Fsp3) is 0.357. The molecule has 0 saturated heterocycles. The maximum absolute atomic E-state index is 13.9. The van der Waals surface area contributed by atoms with Gasteiger partial charge < -0.3 is 5.11 Å². The highest BCUT2D eigenvalue weighted by Crippen LogP contribution is 2.23. The standard InChI is InChI=1S/C14H16F2N2O4S/c15-10-4-5-11(12(16)8-10)13(9-14(19)20)17-23(21,22)18-6-2-1-3-7-18/h1-2,4-5,8,13,17H,3,6-7,9H2,(H,19,20). The molecule has 1 aliphatic rings. The minimum absolute atomic E-state index is 0.154. The molecule has 2 N–H and O–H groups in total. The maximum atomic E-state index is 13.9. The van der Waals surface area contributed by atoms with E-state index in [9.17, 15) is 22.0 Å². The van der Waals surface area contributed by atoms with Crippen molar-refractivity contribution in [2.45, 2.75) is 18.9 Å². The van der Waals surface area contributed by atoms with E-state index in [0.717, 1.165) is 16.4 Å². The van der Waals surface area contributed by atoms with Crippen LogP contribution < -0.4 is 4.72 Å². The Morgan fingerprint density at radius 3 is 2.65 bits per heavy atom. The second kappa shape index (κ2) is 7.16. The Morgan fingerprint density at radius 1 is 1.35 bits per heavy atom. The average molecular weight is 346 g/mol. The zero-order valence-electron chi connectivity index (χ0n) is 12.1. The van der Waals surface area contributed by atoms with Gasteiger partial charge in [-0.05, 0) is 12.5 Å². The van der Waals surface area contributed by atoms with Gasteiger partial charge in [-0.15, -0.1) is 0 Å². The highest BCUT2D eigenvalue weighted by atomic mass is 32.2. The Labute approximate surface area is 132 Å². The van der Waals surface area contributed by atoms with E-state index in [-0.39, 0.29) is 18.7 Å². The van der Waals surface area contributed by atoms with E-state index in [2.05, 4.69) is 4.72 Å². The molecule has 1 aromatic rings. The van der Waals surface area contributed by atoms with Gasteiger partial charge in [-0.1, -0.05) is 18.2 Å². The van der Waals surface area contributed by atoms with Crippen LogP contribution in [-0.4, -0.2) is 36.9 Å². The molecule has 0 spiro atoms. The Balaban J connectivity index is 2.28. The lowest BCUT2D eigenvalue weighted by atomic mass is 10.0. The molecule has 0 bridgehead atoms. The number of hydrogen-bond acceptors (Lipinski definition) is 3. The third-order valence-electron chi connectivity index (χ3n) is 3.37. The molecule has 9 heteroatoms. The summed E-state index contributed by atoms with van der Waals surface area (Å²) in [6, 6.07) is 1.24. The molecule has 0 aliphatic carbocycles. The first-order valence-electron chi connectivity index (χ1n) is 6.89. The summed E-state index contributed by atoms with van der Waals surface area (Å²) < 4.78 is 54.8. The lowest BCUT2D eigenvalue weighted by Gasteiger charge is -2.26. The molecule has 0 saturated carbocycles. The molecular formula is C14H16F2N2O4S. The molecule has 1 aliphatic heterocycles. The summed E-state index contributed by atoms with van der Waals surface area (Å²) >= 11 is 0. The zero-order chi connectivity index (χ0) is 17.0. The smallest absolute Gasteiger partial charge is 0.305 e. The summed E-state index contributed by atoms with van der Waals surface area (Å²) in [7, 11) is -3.99. The van der Waals surface area contributed by atoms with Crippen molar-refractivity contribution in [2.24, 2.45) is 0 Å². The minimum atomic E-state index is -3.99. The molecule has 0 fully saturated rings. The summed E-state index contributed by atoms with van der Waals surface area (Å²) in [5, 5.41) is 8.94. The quantitative estimate of drug-likeness (QED) is 0.766. The SMILES string of the molecule is O=C(O)CC(NS(=O)(=O)N1CC=CCC1)c1ccc(F)cc1F. The molecule has 126 valence electrons. The van der Waals surface area contributed by atoms with Gasteiger partial charge >= 0.3 is 5.97 Å². The number of aliphatic carboxylic acids is 1. The minimum Gasteiger partial charge on any atom is -0.481 e. The Kier molecular flexibility index (Phi) is 5.45. The van der Waals surface area contributed by atoms with Gasteiger partial charge in [-0.3, -0.25) is 4.79 Å². The predicted molar refractivity (Wildman–Crippen MR) is 78.7 cm³/mol. The van der Waals surface area contributed by atoms with Gasteiger partial charge in [0.1, 0.15) is 11.6 Å². The number of hydrogen-bond donors (Lipinski definition) is 2. The van der Waals surface area contributed by atoms with E-state index in [1.165, 1.54) is 0 Å². The Morgan fingerprint density at radius 2 is 2.09 bits per heavy atom. The van der Waals surface area contributed by atoms with Crippen LogP contribution in [0.25, 0.3) is 0 Å². The van der Waals surface area contributed by atoms with Crippen LogP contribution in [0, 0.1) is 11.6 Å². The molecule has 0 amide bonds. The first kappa shape index (κ1) is 17.5. The predicted octanol–water partition coefficient (Wildman–Crippen LogP) is 1.58. The average Bonchev–Trinajstić information content (AvgIpc) is 2.46. The number of carboxylic acid groups (broad SMARTS) is 1. The van der Waals surface area contributed by atoms with Gasteiger partial charge in [0.2, 0.25) is 0 Å². The van der Waals surface area contributed by atoms with E-state index >= 15 is 0 Å². The first-order chi connectivity index (χ1) is 10.8. The van der Waals surface area contributed by atoms with Crippen molar-refractivity contribution in [3.8, 4) is 0 Å². The molecule has 0 radical (unpaired) electrons. The third-order valence-corrected chi connectivity index (χ3v) is 4.96. The molecule has 0 aromatic heterocycles. The summed E-state index contributed by atoms with van der Waals surface area (Å²) in [5.41, 5.74) is -0.218. The highest BCUT2D eigenvalue weighted by Gasteiger charge is 2.29. The van der Waals surface area contributed by atoms with Gasteiger partial charge in [0, 0.05) is 24.7 Å². The lowest BCUT2D eigenvalue weighted by Crippen LogP contribution is -2.44. The van der Waals surface area contributed by atoms with E-state index in [0.29, 0.717) is 12.5 Å². The number of carboxylic acids is 1. The zero-order valence-corrected chi connectivity index (χ0v) is 12.9. The second-order valence-electron chi connectivity index (χ2n) is 5.06. The van der Waals surface area contributed by atoms with Crippen LogP contribution in [0.4, 0.5) is 8.78 Å². The van der Waals surface area contributed by atoms with Gasteiger partial charge in [0.25, 0.3) is 10.2 Å². The van der Waals surface area contributed by atoms with Crippen LogP contribution >= 0.6 is 0 Å². The number of benzene rings is 1. The third kappa shape index (κ3) is 4.57. The van der Waals surface area contributed by atoms with Crippen LogP contribution in [0.5, 0.6) is 0 Å². The second-order valence-corrected chi connectivity index (χ2v) is 6.76. The van der Waals surface area contributed by atoms with Crippen molar-refractivity contribution < 1.29 is 27.1 Å². The van der Waals surface area contributed by atoms with Crippen molar-refractivity contribution in [2.75, 3.05) is 13.1 Å². The van der Waals surface area contributed by atoms with Crippen molar-refractivity contribution >= 4 is 16.2 Å². The van der Waals surface area contributed by atoms with Crippen LogP contribution in [0.1, 0.15) is 24.4 Å². The van der Waals surface area contributed by atoms with Gasteiger partial charge in [0.15, 0.2) is 0 Å². The summed E-state index contributed by atoms with van der Waals surface area (Å²) in [6.45, 7) is 0.401. The van der Waals surface area contributed by atoms with E-state index in [1.54, 1.807) is 6.08 Å². The fourth-order valence-corrected chi connectivity index (χ4v) is 3.61. The molecule has 2 rings (SSSR count). The summed E-state index contributed by atoms with van der Waals surface area (Å²) in [5.74, 6) is -3.14. The molecule has 1 aromatic carbocycles. The van der Waals surface area contributed by atoms with Crippen molar-refractivity contribution in [3.05, 3.63) is 47.5 Å². The van der Waals surface area contributed by atoms with Gasteiger partial charge in [-0.2, -0.15) is 17.4 Å². The Hall–Kier alpha value is -1.84. The van der Waals surface area contributed by atoms with Crippen LogP contribution in [0.3, 0.4) is 0 Å². The van der Waals surface area contributed by atoms with Crippen molar-refractivity contribution in [3.63, 3.8) is 0 Å². The van der Waals surface area contributed by atoms with Gasteiger partial charge in [0.05, 0.1) is 12.5 Å². The molecule has 1 atom stereocenters. The summed E-state index contributed by atoms with van der Waals surface area (Å²) in [4.78, 5) is 11.0. The number of halogens is 2. The van der Waals surface area contributed by atoms with E-state index < -0.39 is 40.3 Å². The molecule has 1 heterocycles. The van der Waals surface area contributed by atoms with Gasteiger partial charge in [-0.25, -0.2) is 8.78 Å². The molecule has 23 heavy (non-hydrogen) atoms. The van der Waals surface area contributed by atoms with Crippen LogP contribution in [0.15, 0.2) is 30.4 Å².